The molecular formula is C33H54. The van der Waals surface area contributed by atoms with Crippen molar-refractivity contribution >= 4 is 0 Å². The van der Waals surface area contributed by atoms with Crippen LogP contribution in [0, 0.1) is 20.8 Å². The molecule has 0 saturated heterocycles. The smallest absolute Gasteiger partial charge is 0.0305 e. The Kier molecular flexibility index (Phi) is 27.7. The van der Waals surface area contributed by atoms with Gasteiger partial charge in [0.05, 0.1) is 0 Å². The zero-order valence-electron chi connectivity index (χ0n) is 24.0. The molecule has 0 atom stereocenters. The third kappa shape index (κ3) is 18.9. The van der Waals surface area contributed by atoms with E-state index in [-0.39, 0.29) is 0 Å². The van der Waals surface area contributed by atoms with Crippen LogP contribution in [-0.2, 0) is 19.3 Å². The Labute approximate surface area is 208 Å². The van der Waals surface area contributed by atoms with E-state index in [0.717, 1.165) is 19.3 Å². The summed E-state index contributed by atoms with van der Waals surface area (Å²) in [7, 11) is 0. The minimum absolute atomic E-state index is 1.14. The summed E-state index contributed by atoms with van der Waals surface area (Å²) >= 11 is 0. The second-order valence-corrected chi connectivity index (χ2v) is 6.96. The van der Waals surface area contributed by atoms with Crippen molar-refractivity contribution in [1.82, 2.24) is 0 Å². The monoisotopic (exact) mass is 450 g/mol. The Bertz CT molecular complexity index is 766. The summed E-state index contributed by atoms with van der Waals surface area (Å²) in [4.78, 5) is 0. The third-order valence-corrected chi connectivity index (χ3v) is 4.66. The molecule has 0 radical (unpaired) electrons. The summed E-state index contributed by atoms with van der Waals surface area (Å²) in [6.07, 6.45) is 3.43. The molecule has 0 aromatic heterocycles. The van der Waals surface area contributed by atoms with Crippen molar-refractivity contribution in [3.05, 3.63) is 106 Å². The van der Waals surface area contributed by atoms with E-state index in [0.29, 0.717) is 0 Å². The van der Waals surface area contributed by atoms with Crippen LogP contribution in [0.25, 0.3) is 0 Å². The maximum Gasteiger partial charge on any atom is -0.0305 e. The first-order valence-corrected chi connectivity index (χ1v) is 13.2. The zero-order valence-corrected chi connectivity index (χ0v) is 24.0. The van der Waals surface area contributed by atoms with E-state index in [9.17, 15) is 0 Å². The number of benzene rings is 3. The lowest BCUT2D eigenvalue weighted by molar-refractivity contribution is 1.11. The van der Waals surface area contributed by atoms with E-state index in [4.69, 9.17) is 0 Å². The van der Waals surface area contributed by atoms with E-state index < -0.39 is 0 Å². The van der Waals surface area contributed by atoms with Gasteiger partial charge in [0.15, 0.2) is 0 Å². The fourth-order valence-electron chi connectivity index (χ4n) is 2.76. The van der Waals surface area contributed by atoms with Crippen molar-refractivity contribution in [3.8, 4) is 0 Å². The maximum atomic E-state index is 2.22. The average molecular weight is 451 g/mol. The largest absolute Gasteiger partial charge is 0.0683 e. The molecule has 0 saturated carbocycles. The van der Waals surface area contributed by atoms with Gasteiger partial charge in [-0.3, -0.25) is 0 Å². The SMILES string of the molecule is CC.CC.CC.CCc1ccc(C)cc1.CCc1cccc(C)c1.CCc1ccccc1C. The molecule has 3 aromatic carbocycles. The molecule has 186 valence electrons. The Morgan fingerprint density at radius 1 is 0.455 bits per heavy atom. The minimum Gasteiger partial charge on any atom is -0.0683 e. The lowest BCUT2D eigenvalue weighted by Gasteiger charge is -1.98. The van der Waals surface area contributed by atoms with Crippen LogP contribution in [0.15, 0.2) is 72.8 Å². The molecule has 0 N–H and O–H groups in total. The van der Waals surface area contributed by atoms with Crippen LogP contribution in [0.4, 0.5) is 0 Å². The van der Waals surface area contributed by atoms with Crippen LogP contribution >= 0.6 is 0 Å². The lowest BCUT2D eigenvalue weighted by Crippen LogP contribution is -1.82. The first kappa shape index (κ1) is 35.3. The van der Waals surface area contributed by atoms with Crippen molar-refractivity contribution in [2.45, 2.75) is 102 Å². The Hall–Kier alpha value is -2.34. The summed E-state index contributed by atoms with van der Waals surface area (Å²) in [6.45, 7) is 24.9. The molecule has 0 unspecified atom stereocenters. The van der Waals surface area contributed by atoms with E-state index in [2.05, 4.69) is 114 Å². The fraction of sp³-hybridized carbons (Fsp3) is 0.455. The van der Waals surface area contributed by atoms with Gasteiger partial charge in [-0.1, -0.05) is 146 Å². The predicted molar refractivity (Wildman–Crippen MR) is 156 cm³/mol. The maximum absolute atomic E-state index is 2.22. The highest BCUT2D eigenvalue weighted by atomic mass is 14.0. The first-order chi connectivity index (χ1) is 16.0. The molecule has 3 aromatic rings. The molecule has 0 heterocycles. The predicted octanol–water partition coefficient (Wildman–Crippen LogP) is 10.8. The van der Waals surface area contributed by atoms with Gasteiger partial charge in [-0.05, 0) is 62.3 Å². The molecule has 3 rings (SSSR count). The molecule has 0 bridgehead atoms. The van der Waals surface area contributed by atoms with Crippen LogP contribution in [0.3, 0.4) is 0 Å². The fourth-order valence-corrected chi connectivity index (χ4v) is 2.76. The Morgan fingerprint density at radius 2 is 0.970 bits per heavy atom. The van der Waals surface area contributed by atoms with Gasteiger partial charge in [0.25, 0.3) is 0 Å². The third-order valence-electron chi connectivity index (χ3n) is 4.66. The van der Waals surface area contributed by atoms with Crippen molar-refractivity contribution in [2.75, 3.05) is 0 Å². The van der Waals surface area contributed by atoms with Gasteiger partial charge in [-0.15, -0.1) is 0 Å². The van der Waals surface area contributed by atoms with Crippen LogP contribution in [0.1, 0.15) is 95.7 Å². The molecule has 0 fully saturated rings. The number of hydrogen-bond donors (Lipinski definition) is 0. The van der Waals surface area contributed by atoms with Gasteiger partial charge in [0.2, 0.25) is 0 Å². The van der Waals surface area contributed by atoms with Gasteiger partial charge in [0, 0.05) is 0 Å². The van der Waals surface area contributed by atoms with Crippen LogP contribution < -0.4 is 0 Å². The van der Waals surface area contributed by atoms with Crippen LogP contribution in [-0.4, -0.2) is 0 Å². The van der Waals surface area contributed by atoms with Gasteiger partial charge in [0.1, 0.15) is 0 Å². The molecule has 33 heavy (non-hydrogen) atoms. The number of hydrogen-bond acceptors (Lipinski definition) is 0. The summed E-state index contributed by atoms with van der Waals surface area (Å²) < 4.78 is 0. The molecule has 0 aliphatic rings. The zero-order chi connectivity index (χ0) is 26.1. The topological polar surface area (TPSA) is 0 Å². The van der Waals surface area contributed by atoms with Gasteiger partial charge in [-0.2, -0.15) is 0 Å². The quantitative estimate of drug-likeness (QED) is 0.372. The Morgan fingerprint density at radius 3 is 1.33 bits per heavy atom. The molecule has 0 spiro atoms. The second-order valence-electron chi connectivity index (χ2n) is 6.96. The highest BCUT2D eigenvalue weighted by Gasteiger charge is 1.89. The molecule has 0 nitrogen and oxygen atoms in total. The van der Waals surface area contributed by atoms with Gasteiger partial charge >= 0.3 is 0 Å². The van der Waals surface area contributed by atoms with E-state index in [1.54, 1.807) is 0 Å². The van der Waals surface area contributed by atoms with Gasteiger partial charge in [-0.25, -0.2) is 0 Å². The van der Waals surface area contributed by atoms with Crippen LogP contribution in [0.2, 0.25) is 0 Å². The Balaban J connectivity index is -0.000000367. The molecule has 0 aliphatic carbocycles. The molecular weight excluding hydrogens is 396 g/mol. The molecule has 0 amide bonds. The van der Waals surface area contributed by atoms with Crippen molar-refractivity contribution < 1.29 is 0 Å². The van der Waals surface area contributed by atoms with Gasteiger partial charge < -0.3 is 0 Å². The normalized spacial score (nSPS) is 8.36. The molecule has 0 heteroatoms. The summed E-state index contributed by atoms with van der Waals surface area (Å²) in [6, 6.07) is 25.8. The van der Waals surface area contributed by atoms with Crippen LogP contribution in [0.5, 0.6) is 0 Å². The van der Waals surface area contributed by atoms with E-state index in [1.165, 1.54) is 33.4 Å². The lowest BCUT2D eigenvalue weighted by atomic mass is 10.1. The molecule has 0 aliphatic heterocycles. The summed E-state index contributed by atoms with van der Waals surface area (Å²) in [5.74, 6) is 0. The van der Waals surface area contributed by atoms with Crippen molar-refractivity contribution in [1.29, 1.82) is 0 Å². The van der Waals surface area contributed by atoms with Crippen molar-refractivity contribution in [2.24, 2.45) is 0 Å². The number of rotatable bonds is 3. The van der Waals surface area contributed by atoms with Crippen molar-refractivity contribution in [3.63, 3.8) is 0 Å². The number of aryl methyl sites for hydroxylation is 6. The highest BCUT2D eigenvalue weighted by Crippen LogP contribution is 2.06. The highest BCUT2D eigenvalue weighted by molar-refractivity contribution is 5.25. The standard InChI is InChI=1S/3C9H12.3C2H6/c1-3-9-6-4-8(2)5-7-9;1-3-9-6-4-5-8(2)7-9;1-3-9-7-5-4-6-8(9)2;3*1-2/h3*4-7H,3H2,1-2H3;3*1-2H3. The minimum atomic E-state index is 1.14. The summed E-state index contributed by atoms with van der Waals surface area (Å²) in [5, 5.41) is 0. The second kappa shape index (κ2) is 25.9. The average Bonchev–Trinajstić information content (AvgIpc) is 2.89. The van der Waals surface area contributed by atoms with E-state index in [1.807, 2.05) is 41.5 Å². The summed E-state index contributed by atoms with van der Waals surface area (Å²) in [5.41, 5.74) is 8.40. The first-order valence-electron chi connectivity index (χ1n) is 13.2. The van der Waals surface area contributed by atoms with E-state index >= 15 is 0 Å².